The number of hydrogen-bond donors (Lipinski definition) is 4. The van der Waals surface area contributed by atoms with Gasteiger partial charge < -0.3 is 21.5 Å². The van der Waals surface area contributed by atoms with Crippen molar-refractivity contribution >= 4 is 44.9 Å². The van der Waals surface area contributed by atoms with E-state index >= 15 is 0 Å². The molecule has 1 heterocycles. The third-order valence-electron chi connectivity index (χ3n) is 6.52. The Bertz CT molecular complexity index is 1320. The smallest absolute Gasteiger partial charge is 0.322 e. The molecule has 0 spiro atoms. The first-order valence-corrected chi connectivity index (χ1v) is 13.1. The first kappa shape index (κ1) is 27.6. The number of carbonyl (C=O) groups is 2. The van der Waals surface area contributed by atoms with Gasteiger partial charge in [-0.3, -0.25) is 9.59 Å². The number of benzene rings is 3. The number of piperidine rings is 1. The maximum Gasteiger partial charge on any atom is 0.322 e. The molecule has 36 heavy (non-hydrogen) atoms. The van der Waals surface area contributed by atoms with Gasteiger partial charge in [-0.15, -0.1) is 12.4 Å². The maximum atomic E-state index is 13.7. The average Bonchev–Trinajstić information content (AvgIpc) is 2.87. The van der Waals surface area contributed by atoms with Crippen molar-refractivity contribution in [1.82, 2.24) is 10.6 Å². The van der Waals surface area contributed by atoms with Crippen LogP contribution in [0.5, 0.6) is 0 Å². The number of carbonyl (C=O) groups excluding carboxylic acids is 1. The summed E-state index contributed by atoms with van der Waals surface area (Å²) in [5.41, 5.74) is 6.98. The largest absolute Gasteiger partial charge is 0.480 e. The van der Waals surface area contributed by atoms with E-state index in [-0.39, 0.29) is 23.8 Å². The first-order chi connectivity index (χ1) is 16.8. The number of carboxylic acids is 1. The van der Waals surface area contributed by atoms with Gasteiger partial charge in [0.15, 0.2) is 9.84 Å². The predicted octanol–water partition coefficient (Wildman–Crippen LogP) is 2.15. The van der Waals surface area contributed by atoms with Crippen LogP contribution in [0.3, 0.4) is 0 Å². The van der Waals surface area contributed by atoms with Crippen molar-refractivity contribution in [3.05, 3.63) is 78.4 Å². The number of aliphatic carboxylic acids is 1. The van der Waals surface area contributed by atoms with Crippen molar-refractivity contribution in [2.45, 2.75) is 35.1 Å². The van der Waals surface area contributed by atoms with E-state index < -0.39 is 45.0 Å². The zero-order valence-electron chi connectivity index (χ0n) is 19.5. The highest BCUT2D eigenvalue weighted by molar-refractivity contribution is 7.92. The molecule has 0 radical (unpaired) electrons. The molecule has 3 aromatic rings. The Morgan fingerprint density at radius 2 is 1.69 bits per heavy atom. The zero-order valence-corrected chi connectivity index (χ0v) is 21.2. The number of nitrogens with two attached hydrogens (primary N) is 1. The van der Waals surface area contributed by atoms with Gasteiger partial charge in [-0.05, 0) is 53.8 Å². The summed E-state index contributed by atoms with van der Waals surface area (Å²) in [6.07, 6.45) is 0.741. The van der Waals surface area contributed by atoms with Crippen LogP contribution >= 0.6 is 12.4 Å². The van der Waals surface area contributed by atoms with E-state index in [2.05, 4.69) is 10.6 Å². The number of halogens is 1. The summed E-state index contributed by atoms with van der Waals surface area (Å²) in [6.45, 7) is 0.349. The summed E-state index contributed by atoms with van der Waals surface area (Å²) in [4.78, 5) is 24.7. The highest BCUT2D eigenvalue weighted by Crippen LogP contribution is 2.31. The van der Waals surface area contributed by atoms with Crippen molar-refractivity contribution < 1.29 is 23.1 Å². The maximum absolute atomic E-state index is 13.7. The van der Waals surface area contributed by atoms with E-state index in [0.29, 0.717) is 19.4 Å². The lowest BCUT2D eigenvalue weighted by molar-refractivity contribution is -0.140. The van der Waals surface area contributed by atoms with Gasteiger partial charge in [-0.25, -0.2) is 8.42 Å². The monoisotopic (exact) mass is 531 g/mol. The molecule has 1 amide bonds. The van der Waals surface area contributed by atoms with E-state index in [1.165, 1.54) is 6.07 Å². The number of sulfone groups is 1. The number of fused-ring (bicyclic) bond motifs is 1. The van der Waals surface area contributed by atoms with E-state index in [9.17, 15) is 23.1 Å². The van der Waals surface area contributed by atoms with Crippen LogP contribution in [0.25, 0.3) is 10.8 Å². The highest BCUT2D eigenvalue weighted by Gasteiger charge is 2.46. The average molecular weight is 532 g/mol. The second-order valence-corrected chi connectivity index (χ2v) is 11.0. The summed E-state index contributed by atoms with van der Waals surface area (Å²) in [7, 11) is -4.04. The predicted molar refractivity (Wildman–Crippen MR) is 141 cm³/mol. The molecule has 1 saturated heterocycles. The van der Waals surface area contributed by atoms with Crippen LogP contribution in [0.1, 0.15) is 12.0 Å². The lowest BCUT2D eigenvalue weighted by Gasteiger charge is -2.36. The van der Waals surface area contributed by atoms with Crippen molar-refractivity contribution in [3.63, 3.8) is 0 Å². The van der Waals surface area contributed by atoms with Gasteiger partial charge in [0.1, 0.15) is 6.04 Å². The summed E-state index contributed by atoms with van der Waals surface area (Å²) in [5.74, 6) is -2.24. The van der Waals surface area contributed by atoms with Crippen LogP contribution in [0, 0.1) is 5.92 Å². The Labute approximate surface area is 216 Å². The Morgan fingerprint density at radius 3 is 2.39 bits per heavy atom. The van der Waals surface area contributed by atoms with Gasteiger partial charge in [0, 0.05) is 6.54 Å². The molecule has 192 valence electrons. The molecule has 0 aliphatic carbocycles. The van der Waals surface area contributed by atoms with Crippen LogP contribution in [0.2, 0.25) is 0 Å². The quantitative estimate of drug-likeness (QED) is 0.349. The van der Waals surface area contributed by atoms with Crippen LogP contribution < -0.4 is 16.4 Å². The van der Waals surface area contributed by atoms with Crippen molar-refractivity contribution in [3.8, 4) is 0 Å². The number of rotatable bonds is 8. The Hall–Kier alpha value is -2.98. The van der Waals surface area contributed by atoms with Crippen LogP contribution in [0.15, 0.2) is 77.7 Å². The normalized spacial score (nSPS) is 20.8. The molecule has 10 heteroatoms. The number of amides is 1. The SMILES string of the molecule is Cl.N[C@@H](Cc1ccccc1)C(=O)NCC1CCNC(C(=O)O)C1S(=O)(=O)c1ccc2ccccc2c1. The summed E-state index contributed by atoms with van der Waals surface area (Å²) >= 11 is 0. The van der Waals surface area contributed by atoms with E-state index in [1.54, 1.807) is 12.1 Å². The second kappa shape index (κ2) is 11.8. The highest BCUT2D eigenvalue weighted by atomic mass is 35.5. The van der Waals surface area contributed by atoms with Crippen molar-refractivity contribution in [1.29, 1.82) is 0 Å². The minimum absolute atomic E-state index is 0. The summed E-state index contributed by atoms with van der Waals surface area (Å²) in [6, 6.07) is 19.4. The standard InChI is InChI=1S/C26H29N3O5S.ClH/c27-22(14-17-6-2-1-3-7-17)25(30)29-16-20-12-13-28-23(26(31)32)24(20)35(33,34)21-11-10-18-8-4-5-9-19(18)15-21;/h1-11,15,20,22-24,28H,12-14,16,27H2,(H,29,30)(H,31,32);1H/t20?,22-,23?,24?;/m0./s1. The number of carboxylic acid groups (broad SMARTS) is 1. The molecule has 3 unspecified atom stereocenters. The fourth-order valence-corrected chi connectivity index (χ4v) is 6.85. The minimum Gasteiger partial charge on any atom is -0.480 e. The minimum atomic E-state index is -4.04. The molecule has 1 fully saturated rings. The van der Waals surface area contributed by atoms with Crippen LogP contribution in [0.4, 0.5) is 0 Å². The molecular formula is C26H30ClN3O5S. The second-order valence-electron chi connectivity index (χ2n) is 8.88. The zero-order chi connectivity index (χ0) is 25.0. The summed E-state index contributed by atoms with van der Waals surface area (Å²) < 4.78 is 27.5. The fraction of sp³-hybridized carbons (Fsp3) is 0.308. The van der Waals surface area contributed by atoms with E-state index in [0.717, 1.165) is 16.3 Å². The van der Waals surface area contributed by atoms with Crippen molar-refractivity contribution in [2.75, 3.05) is 13.1 Å². The third-order valence-corrected chi connectivity index (χ3v) is 8.80. The third kappa shape index (κ3) is 6.04. The van der Waals surface area contributed by atoms with Gasteiger partial charge in [0.05, 0.1) is 16.2 Å². The molecule has 0 bridgehead atoms. The molecule has 3 aromatic carbocycles. The van der Waals surface area contributed by atoms with Crippen LogP contribution in [-0.2, 0) is 25.8 Å². The Kier molecular flexibility index (Phi) is 9.08. The van der Waals surface area contributed by atoms with Gasteiger partial charge in [-0.1, -0.05) is 60.7 Å². The van der Waals surface area contributed by atoms with E-state index in [1.807, 2.05) is 54.6 Å². The molecule has 4 atom stereocenters. The van der Waals surface area contributed by atoms with E-state index in [4.69, 9.17) is 5.73 Å². The fourth-order valence-electron chi connectivity index (χ4n) is 4.68. The molecule has 4 rings (SSSR count). The van der Waals surface area contributed by atoms with Gasteiger partial charge >= 0.3 is 5.97 Å². The molecule has 8 nitrogen and oxygen atoms in total. The Morgan fingerprint density at radius 1 is 1.03 bits per heavy atom. The Balaban J connectivity index is 0.00000361. The lowest BCUT2D eigenvalue weighted by Crippen LogP contribution is -2.59. The molecule has 1 aliphatic heterocycles. The number of nitrogens with one attached hydrogen (secondary N) is 2. The van der Waals surface area contributed by atoms with Gasteiger partial charge in [0.25, 0.3) is 0 Å². The van der Waals surface area contributed by atoms with Crippen LogP contribution in [-0.4, -0.2) is 55.8 Å². The number of hydrogen-bond acceptors (Lipinski definition) is 6. The summed E-state index contributed by atoms with van der Waals surface area (Å²) in [5, 5.41) is 15.8. The molecule has 5 N–H and O–H groups in total. The van der Waals surface area contributed by atoms with Gasteiger partial charge in [0.2, 0.25) is 5.91 Å². The topological polar surface area (TPSA) is 139 Å². The lowest BCUT2D eigenvalue weighted by atomic mass is 9.91. The molecule has 0 aromatic heterocycles. The molecule has 1 aliphatic rings. The first-order valence-electron chi connectivity index (χ1n) is 11.5. The van der Waals surface area contributed by atoms with Gasteiger partial charge in [-0.2, -0.15) is 0 Å². The molecular weight excluding hydrogens is 502 g/mol. The van der Waals surface area contributed by atoms with Crippen molar-refractivity contribution in [2.24, 2.45) is 11.7 Å². The molecule has 0 saturated carbocycles.